The molecule has 0 heterocycles. The second-order valence-electron chi connectivity index (χ2n) is 5.13. The highest BCUT2D eigenvalue weighted by molar-refractivity contribution is 5.67. The molecule has 0 saturated carbocycles. The van der Waals surface area contributed by atoms with E-state index in [1.165, 1.54) is 12.1 Å². The number of ether oxygens (including phenoxy) is 1. The predicted octanol–water partition coefficient (Wildman–Crippen LogP) is 2.67. The summed E-state index contributed by atoms with van der Waals surface area (Å²) in [7, 11) is 0. The Kier molecular flexibility index (Phi) is 7.01. The van der Waals surface area contributed by atoms with E-state index in [2.05, 4.69) is 0 Å². The second-order valence-corrected chi connectivity index (χ2v) is 5.13. The normalized spacial score (nSPS) is 13.8. The van der Waals surface area contributed by atoms with Gasteiger partial charge in [0.05, 0.1) is 6.61 Å². The van der Waals surface area contributed by atoms with E-state index in [0.717, 1.165) is 12.8 Å². The van der Waals surface area contributed by atoms with Crippen molar-refractivity contribution in [3.8, 4) is 5.75 Å². The number of halogens is 1. The summed E-state index contributed by atoms with van der Waals surface area (Å²) in [6.45, 7) is 2.90. The number of nitrogens with two attached hydrogens (primary N) is 1. The second kappa shape index (κ2) is 8.53. The summed E-state index contributed by atoms with van der Waals surface area (Å²) in [5.74, 6) is -0.310. The van der Waals surface area contributed by atoms with Crippen LogP contribution < -0.4 is 10.5 Å². The fourth-order valence-corrected chi connectivity index (χ4v) is 2.13. The first kappa shape index (κ1) is 16.4. The zero-order valence-electron chi connectivity index (χ0n) is 11.7. The SMILES string of the molecule is CC(CCOc1cccc(F)c1)C[C@H](CN)CC(=O)O. The maximum absolute atomic E-state index is 12.9. The van der Waals surface area contributed by atoms with Crippen LogP contribution in [0.4, 0.5) is 4.39 Å². The average Bonchev–Trinajstić information content (AvgIpc) is 2.37. The number of carboxylic acids is 1. The van der Waals surface area contributed by atoms with Crippen LogP contribution in [-0.2, 0) is 4.79 Å². The molecule has 1 aromatic carbocycles. The first-order valence-corrected chi connectivity index (χ1v) is 6.81. The maximum Gasteiger partial charge on any atom is 0.303 e. The molecule has 0 fully saturated rings. The highest BCUT2D eigenvalue weighted by Gasteiger charge is 2.15. The average molecular weight is 283 g/mol. The first-order valence-electron chi connectivity index (χ1n) is 6.81. The van der Waals surface area contributed by atoms with Gasteiger partial charge in [0.25, 0.3) is 0 Å². The number of benzene rings is 1. The van der Waals surface area contributed by atoms with Crippen LogP contribution in [0, 0.1) is 17.7 Å². The van der Waals surface area contributed by atoms with Gasteiger partial charge in [0.2, 0.25) is 0 Å². The van der Waals surface area contributed by atoms with Crippen LogP contribution in [0.1, 0.15) is 26.2 Å². The molecular formula is C15H22FNO3. The van der Waals surface area contributed by atoms with Gasteiger partial charge in [-0.2, -0.15) is 0 Å². The lowest BCUT2D eigenvalue weighted by Gasteiger charge is -2.18. The Labute approximate surface area is 118 Å². The molecule has 1 rings (SSSR count). The summed E-state index contributed by atoms with van der Waals surface area (Å²) in [5, 5.41) is 8.76. The summed E-state index contributed by atoms with van der Waals surface area (Å²) < 4.78 is 18.4. The van der Waals surface area contributed by atoms with Crippen molar-refractivity contribution >= 4 is 5.97 Å². The minimum atomic E-state index is -0.816. The molecule has 3 N–H and O–H groups in total. The van der Waals surface area contributed by atoms with Gasteiger partial charge in [-0.3, -0.25) is 4.79 Å². The monoisotopic (exact) mass is 283 g/mol. The molecule has 1 unspecified atom stereocenters. The van der Waals surface area contributed by atoms with Crippen LogP contribution in [0.2, 0.25) is 0 Å². The van der Waals surface area contributed by atoms with E-state index in [-0.39, 0.29) is 18.2 Å². The smallest absolute Gasteiger partial charge is 0.303 e. The van der Waals surface area contributed by atoms with Gasteiger partial charge in [0.15, 0.2) is 0 Å². The van der Waals surface area contributed by atoms with Gasteiger partial charge in [0, 0.05) is 12.5 Å². The fourth-order valence-electron chi connectivity index (χ4n) is 2.13. The van der Waals surface area contributed by atoms with Crippen molar-refractivity contribution in [2.45, 2.75) is 26.2 Å². The van der Waals surface area contributed by atoms with Crippen LogP contribution in [0.15, 0.2) is 24.3 Å². The number of carbonyl (C=O) groups is 1. The number of hydrogen-bond donors (Lipinski definition) is 2. The Balaban J connectivity index is 2.28. The lowest BCUT2D eigenvalue weighted by Crippen LogP contribution is -2.21. The summed E-state index contributed by atoms with van der Waals surface area (Å²) >= 11 is 0. The summed E-state index contributed by atoms with van der Waals surface area (Å²) in [6, 6.07) is 6.03. The van der Waals surface area contributed by atoms with Crippen molar-refractivity contribution in [2.24, 2.45) is 17.6 Å². The van der Waals surface area contributed by atoms with Crippen molar-refractivity contribution in [3.05, 3.63) is 30.1 Å². The molecule has 0 bridgehead atoms. The molecule has 4 nitrogen and oxygen atoms in total. The molecule has 0 radical (unpaired) electrons. The van der Waals surface area contributed by atoms with Gasteiger partial charge in [-0.15, -0.1) is 0 Å². The van der Waals surface area contributed by atoms with Gasteiger partial charge >= 0.3 is 5.97 Å². The van der Waals surface area contributed by atoms with Gasteiger partial charge in [-0.25, -0.2) is 4.39 Å². The van der Waals surface area contributed by atoms with Crippen molar-refractivity contribution in [1.82, 2.24) is 0 Å². The molecule has 112 valence electrons. The van der Waals surface area contributed by atoms with Gasteiger partial charge < -0.3 is 15.6 Å². The Morgan fingerprint density at radius 2 is 2.25 bits per heavy atom. The number of aliphatic carboxylic acids is 1. The lowest BCUT2D eigenvalue weighted by molar-refractivity contribution is -0.138. The summed E-state index contributed by atoms with van der Waals surface area (Å²) in [6.07, 6.45) is 1.65. The van der Waals surface area contributed by atoms with Gasteiger partial charge in [-0.05, 0) is 43.4 Å². The Bertz CT molecular complexity index is 425. The molecule has 1 aromatic rings. The summed E-state index contributed by atoms with van der Waals surface area (Å²) in [4.78, 5) is 10.7. The molecule has 0 aliphatic carbocycles. The van der Waals surface area contributed by atoms with E-state index >= 15 is 0 Å². The van der Waals surface area contributed by atoms with E-state index in [0.29, 0.717) is 24.8 Å². The molecule has 0 saturated heterocycles. The van der Waals surface area contributed by atoms with E-state index in [1.807, 2.05) is 6.92 Å². The molecule has 0 spiro atoms. The Morgan fingerprint density at radius 3 is 2.85 bits per heavy atom. The zero-order chi connectivity index (χ0) is 15.0. The molecular weight excluding hydrogens is 261 g/mol. The minimum Gasteiger partial charge on any atom is -0.493 e. The largest absolute Gasteiger partial charge is 0.493 e. The lowest BCUT2D eigenvalue weighted by atomic mass is 9.91. The van der Waals surface area contributed by atoms with Crippen molar-refractivity contribution < 1.29 is 19.0 Å². The topological polar surface area (TPSA) is 72.5 Å². The van der Waals surface area contributed by atoms with E-state index < -0.39 is 5.97 Å². The molecule has 0 aliphatic heterocycles. The standard InChI is InChI=1S/C15H22FNO3/c1-11(7-12(10-17)8-15(18)19)5-6-20-14-4-2-3-13(16)9-14/h2-4,9,11-12H,5-8,10,17H2,1H3,(H,18,19)/t11?,12-/m0/s1. The molecule has 20 heavy (non-hydrogen) atoms. The van der Waals surface area contributed by atoms with Crippen molar-refractivity contribution in [2.75, 3.05) is 13.2 Å². The maximum atomic E-state index is 12.9. The number of carboxylic acid groups (broad SMARTS) is 1. The highest BCUT2D eigenvalue weighted by atomic mass is 19.1. The van der Waals surface area contributed by atoms with Gasteiger partial charge in [0.1, 0.15) is 11.6 Å². The molecule has 2 atom stereocenters. The quantitative estimate of drug-likeness (QED) is 0.731. The van der Waals surface area contributed by atoms with E-state index in [4.69, 9.17) is 15.6 Å². The zero-order valence-corrected chi connectivity index (χ0v) is 11.7. The Morgan fingerprint density at radius 1 is 1.50 bits per heavy atom. The van der Waals surface area contributed by atoms with Crippen LogP contribution in [0.5, 0.6) is 5.75 Å². The number of hydrogen-bond acceptors (Lipinski definition) is 3. The van der Waals surface area contributed by atoms with Crippen LogP contribution in [-0.4, -0.2) is 24.2 Å². The molecule has 0 aromatic heterocycles. The minimum absolute atomic E-state index is 0.00308. The fraction of sp³-hybridized carbons (Fsp3) is 0.533. The number of rotatable bonds is 9. The molecule has 5 heteroatoms. The third kappa shape index (κ3) is 6.52. The highest BCUT2D eigenvalue weighted by Crippen LogP contribution is 2.19. The van der Waals surface area contributed by atoms with Gasteiger partial charge in [-0.1, -0.05) is 13.0 Å². The molecule has 0 aliphatic rings. The van der Waals surface area contributed by atoms with Crippen LogP contribution >= 0.6 is 0 Å². The predicted molar refractivity (Wildman–Crippen MR) is 75.1 cm³/mol. The van der Waals surface area contributed by atoms with Crippen molar-refractivity contribution in [1.29, 1.82) is 0 Å². The van der Waals surface area contributed by atoms with E-state index in [1.54, 1.807) is 12.1 Å². The third-order valence-corrected chi connectivity index (χ3v) is 3.21. The van der Waals surface area contributed by atoms with Crippen molar-refractivity contribution in [3.63, 3.8) is 0 Å². The summed E-state index contributed by atoms with van der Waals surface area (Å²) in [5.41, 5.74) is 5.57. The van der Waals surface area contributed by atoms with Crippen LogP contribution in [0.25, 0.3) is 0 Å². The first-order chi connectivity index (χ1) is 9.51. The third-order valence-electron chi connectivity index (χ3n) is 3.21. The Hall–Kier alpha value is -1.62. The van der Waals surface area contributed by atoms with E-state index in [9.17, 15) is 9.18 Å². The molecule has 0 amide bonds. The van der Waals surface area contributed by atoms with Crippen LogP contribution in [0.3, 0.4) is 0 Å².